The van der Waals surface area contributed by atoms with Crippen LogP contribution in [0.3, 0.4) is 0 Å². The molecule has 1 aliphatic heterocycles. The number of piperazine rings is 1. The Kier molecular flexibility index (Phi) is 37.2. The van der Waals surface area contributed by atoms with E-state index in [1.807, 2.05) is 24.3 Å². The zero-order valence-electron chi connectivity index (χ0n) is 45.4. The molecule has 1 aliphatic rings. The number of esters is 4. The molecule has 0 aliphatic carbocycles. The second-order valence-corrected chi connectivity index (χ2v) is 20.1. The first-order valence-electron chi connectivity index (χ1n) is 29.0. The number of ether oxygens (including phenoxy) is 4. The molecule has 1 saturated heterocycles. The average Bonchev–Trinajstić information content (AvgIpc) is 3.38. The monoisotopic (exact) mass is 999 g/mol. The third kappa shape index (κ3) is 34.2. The summed E-state index contributed by atoms with van der Waals surface area (Å²) in [5, 5.41) is 0. The molecule has 0 spiro atoms. The molecule has 2 aromatic carbocycles. The first-order valence-corrected chi connectivity index (χ1v) is 29.0. The van der Waals surface area contributed by atoms with Crippen molar-refractivity contribution < 1.29 is 38.1 Å². The molecule has 0 unspecified atom stereocenters. The molecule has 2 aromatic rings. The van der Waals surface area contributed by atoms with Crippen LogP contribution >= 0.6 is 0 Å². The molecule has 3 rings (SSSR count). The Balaban J connectivity index is 1.10. The van der Waals surface area contributed by atoms with Gasteiger partial charge in [-0.05, 0) is 112 Å². The van der Waals surface area contributed by atoms with Gasteiger partial charge in [0.05, 0.1) is 26.1 Å². The number of allylic oxidation sites excluding steroid dienone is 4. The van der Waals surface area contributed by atoms with E-state index in [1.165, 1.54) is 116 Å². The molecule has 1 fully saturated rings. The number of nitrogens with zero attached hydrogens (tertiary/aromatic N) is 2. The van der Waals surface area contributed by atoms with Crippen molar-refractivity contribution in [3.8, 4) is 11.5 Å². The second kappa shape index (κ2) is 43.2. The molecule has 0 aromatic heterocycles. The zero-order chi connectivity index (χ0) is 51.4. The Morgan fingerprint density at radius 3 is 1.03 bits per heavy atom. The highest BCUT2D eigenvalue weighted by atomic mass is 16.5. The van der Waals surface area contributed by atoms with Crippen molar-refractivity contribution in [3.63, 3.8) is 0 Å². The molecular formula is C62H98N2O8. The van der Waals surface area contributed by atoms with Crippen molar-refractivity contribution in [1.29, 1.82) is 0 Å². The molecule has 0 atom stereocenters. The van der Waals surface area contributed by atoms with Gasteiger partial charge >= 0.3 is 23.9 Å². The number of benzene rings is 2. The number of carbonyl (C=O) groups excluding carboxylic acids is 4. The fourth-order valence-electron chi connectivity index (χ4n) is 9.02. The van der Waals surface area contributed by atoms with Crippen molar-refractivity contribution in [2.24, 2.45) is 0 Å². The minimum absolute atomic E-state index is 0.182. The number of unbranched alkanes of at least 4 members (excludes halogenated alkanes) is 22. The van der Waals surface area contributed by atoms with Crippen molar-refractivity contribution in [3.05, 3.63) is 84.0 Å². The quantitative estimate of drug-likeness (QED) is 0.0275. The lowest BCUT2D eigenvalue weighted by Crippen LogP contribution is -2.47. The largest absolute Gasteiger partial charge is 0.465 e. The van der Waals surface area contributed by atoms with Crippen molar-refractivity contribution >= 4 is 23.9 Å². The third-order valence-corrected chi connectivity index (χ3v) is 13.5. The van der Waals surface area contributed by atoms with Crippen LogP contribution in [0.15, 0.2) is 72.8 Å². The molecular weight excluding hydrogens is 901 g/mol. The highest BCUT2D eigenvalue weighted by molar-refractivity contribution is 5.74. The van der Waals surface area contributed by atoms with E-state index in [9.17, 15) is 19.2 Å². The van der Waals surface area contributed by atoms with Crippen molar-refractivity contribution in [2.45, 2.75) is 219 Å². The van der Waals surface area contributed by atoms with Crippen LogP contribution in [0, 0.1) is 0 Å². The Morgan fingerprint density at radius 1 is 0.389 bits per heavy atom. The van der Waals surface area contributed by atoms with Crippen molar-refractivity contribution in [1.82, 2.24) is 9.80 Å². The van der Waals surface area contributed by atoms with Crippen molar-refractivity contribution in [2.75, 3.05) is 52.5 Å². The number of hydrogen-bond acceptors (Lipinski definition) is 10. The van der Waals surface area contributed by atoms with Gasteiger partial charge in [0.2, 0.25) is 0 Å². The van der Waals surface area contributed by atoms with E-state index in [-0.39, 0.29) is 36.7 Å². The Labute approximate surface area is 437 Å². The number of hydrogen-bond donors (Lipinski definition) is 0. The summed E-state index contributed by atoms with van der Waals surface area (Å²) in [4.78, 5) is 54.5. The van der Waals surface area contributed by atoms with Gasteiger partial charge in [0.15, 0.2) is 0 Å². The molecule has 10 nitrogen and oxygen atoms in total. The smallest absolute Gasteiger partial charge is 0.311 e. The summed E-state index contributed by atoms with van der Waals surface area (Å²) in [7, 11) is 0. The van der Waals surface area contributed by atoms with Gasteiger partial charge in [-0.1, -0.05) is 165 Å². The molecule has 404 valence electrons. The second-order valence-electron chi connectivity index (χ2n) is 20.1. The minimum atomic E-state index is -0.260. The lowest BCUT2D eigenvalue weighted by Gasteiger charge is -2.34. The molecule has 0 radical (unpaired) electrons. The van der Waals surface area contributed by atoms with Crippen LogP contribution in [0.5, 0.6) is 11.5 Å². The van der Waals surface area contributed by atoms with Crippen LogP contribution < -0.4 is 9.47 Å². The van der Waals surface area contributed by atoms with Crippen LogP contribution in [0.1, 0.15) is 218 Å². The molecule has 0 amide bonds. The van der Waals surface area contributed by atoms with Gasteiger partial charge in [-0.3, -0.25) is 19.2 Å². The van der Waals surface area contributed by atoms with Gasteiger partial charge in [-0.25, -0.2) is 0 Å². The number of carbonyl (C=O) groups is 4. The molecule has 0 saturated carbocycles. The predicted molar refractivity (Wildman–Crippen MR) is 294 cm³/mol. The maximum Gasteiger partial charge on any atom is 0.311 e. The van der Waals surface area contributed by atoms with E-state index in [1.54, 1.807) is 24.3 Å². The SMILES string of the molecule is CCCCCCCC/C=C\CCCCCCCC(=O)Oc1ccc(CC(=O)OCCCN2CCN(CCCOC(=O)Cc3ccc(OC(=O)CCCCCCC/C=C\CCCCCCCC)cc3)CC2)cc1. The average molecular weight is 999 g/mol. The summed E-state index contributed by atoms with van der Waals surface area (Å²) in [6.07, 6.45) is 43.9. The van der Waals surface area contributed by atoms with E-state index in [4.69, 9.17) is 18.9 Å². The first kappa shape index (κ1) is 62.0. The summed E-state index contributed by atoms with van der Waals surface area (Å²) in [5.41, 5.74) is 1.65. The third-order valence-electron chi connectivity index (χ3n) is 13.5. The lowest BCUT2D eigenvalue weighted by atomic mass is 10.1. The fourth-order valence-corrected chi connectivity index (χ4v) is 9.02. The zero-order valence-corrected chi connectivity index (χ0v) is 45.4. The minimum Gasteiger partial charge on any atom is -0.465 e. The van der Waals surface area contributed by atoms with Gasteiger partial charge in [0, 0.05) is 52.1 Å². The molecule has 1 heterocycles. The van der Waals surface area contributed by atoms with E-state index < -0.39 is 0 Å². The predicted octanol–water partition coefficient (Wildman–Crippen LogP) is 14.8. The molecule has 0 N–H and O–H groups in total. The van der Waals surface area contributed by atoms with E-state index in [0.29, 0.717) is 37.6 Å². The maximum atomic E-state index is 12.5. The molecule has 10 heteroatoms. The van der Waals surface area contributed by atoms with Crippen LogP contribution in [-0.2, 0) is 41.5 Å². The normalized spacial score (nSPS) is 13.2. The summed E-state index contributed by atoms with van der Waals surface area (Å²) < 4.78 is 22.1. The topological polar surface area (TPSA) is 112 Å². The van der Waals surface area contributed by atoms with E-state index >= 15 is 0 Å². The standard InChI is InChI=1S/C62H98N2O8/c1-3-5-7-9-11-13-15-17-19-21-23-25-27-29-31-35-59(65)71-57-41-37-55(38-42-57)53-61(67)69-51-33-45-63-47-49-64(50-48-63)46-34-52-70-62(68)54-56-39-43-58(44-40-56)72-60(66)36-32-30-28-26-24-22-20-18-16-14-12-10-8-6-4-2/h17-20,37-44H,3-16,21-36,45-54H2,1-2H3/b19-17-,20-18-. The van der Waals surface area contributed by atoms with Gasteiger partial charge < -0.3 is 28.7 Å². The summed E-state index contributed by atoms with van der Waals surface area (Å²) >= 11 is 0. The summed E-state index contributed by atoms with van der Waals surface area (Å²) in [6, 6.07) is 14.3. The first-order chi connectivity index (χ1) is 35.3. The van der Waals surface area contributed by atoms with Crippen LogP contribution in [0.2, 0.25) is 0 Å². The van der Waals surface area contributed by atoms with Crippen LogP contribution in [0.4, 0.5) is 0 Å². The Bertz CT molecular complexity index is 1610. The highest BCUT2D eigenvalue weighted by Crippen LogP contribution is 2.18. The number of rotatable bonds is 44. The van der Waals surface area contributed by atoms with E-state index in [0.717, 1.165) is 115 Å². The summed E-state index contributed by atoms with van der Waals surface area (Å²) in [6.45, 7) is 10.8. The Morgan fingerprint density at radius 2 is 0.694 bits per heavy atom. The van der Waals surface area contributed by atoms with Crippen LogP contribution in [0.25, 0.3) is 0 Å². The van der Waals surface area contributed by atoms with Gasteiger partial charge in [0.1, 0.15) is 11.5 Å². The molecule has 72 heavy (non-hydrogen) atoms. The lowest BCUT2D eigenvalue weighted by molar-refractivity contribution is -0.144. The van der Waals surface area contributed by atoms with E-state index in [2.05, 4.69) is 48.0 Å². The van der Waals surface area contributed by atoms with Gasteiger partial charge in [-0.15, -0.1) is 0 Å². The van der Waals surface area contributed by atoms with Gasteiger partial charge in [0.25, 0.3) is 0 Å². The van der Waals surface area contributed by atoms with Gasteiger partial charge in [-0.2, -0.15) is 0 Å². The Hall–Kier alpha value is -4.28. The maximum absolute atomic E-state index is 12.5. The summed E-state index contributed by atoms with van der Waals surface area (Å²) in [5.74, 6) is 0.0622. The van der Waals surface area contributed by atoms with Crippen LogP contribution in [-0.4, -0.2) is 86.2 Å². The highest BCUT2D eigenvalue weighted by Gasteiger charge is 2.17. The molecule has 0 bridgehead atoms. The fraction of sp³-hybridized carbons (Fsp3) is 0.677.